The molecule has 23 heavy (non-hydrogen) atoms. The smallest absolute Gasteiger partial charge is 0.191 e. The first-order valence-electron chi connectivity index (χ1n) is 7.69. The number of hydrogen-bond acceptors (Lipinski definition) is 4. The molecule has 2 aromatic rings. The van der Waals surface area contributed by atoms with Crippen LogP contribution in [0.2, 0.25) is 0 Å². The summed E-state index contributed by atoms with van der Waals surface area (Å²) in [5.41, 5.74) is 2.23. The first kappa shape index (κ1) is 17.4. The number of hydrogen-bond donors (Lipinski definition) is 2. The molecule has 0 spiro atoms. The van der Waals surface area contributed by atoms with Crippen LogP contribution in [0.4, 0.5) is 0 Å². The van der Waals surface area contributed by atoms with Gasteiger partial charge in [0.2, 0.25) is 0 Å². The van der Waals surface area contributed by atoms with Crippen LogP contribution in [0.25, 0.3) is 10.6 Å². The molecule has 1 aromatic carbocycles. The van der Waals surface area contributed by atoms with Crippen LogP contribution >= 0.6 is 11.3 Å². The molecule has 2 N–H and O–H groups in total. The van der Waals surface area contributed by atoms with Crippen LogP contribution in [0.3, 0.4) is 0 Å². The average molecular weight is 332 g/mol. The molecule has 5 nitrogen and oxygen atoms in total. The maximum atomic E-state index is 5.04. The molecule has 0 unspecified atom stereocenters. The van der Waals surface area contributed by atoms with E-state index in [-0.39, 0.29) is 0 Å². The zero-order chi connectivity index (χ0) is 16.5. The zero-order valence-corrected chi connectivity index (χ0v) is 14.7. The Bertz CT molecular complexity index is 625. The molecule has 0 aliphatic carbocycles. The van der Waals surface area contributed by atoms with Gasteiger partial charge in [0.1, 0.15) is 5.01 Å². The monoisotopic (exact) mass is 332 g/mol. The number of thiazole rings is 1. The molecule has 6 heteroatoms. The van der Waals surface area contributed by atoms with Gasteiger partial charge in [-0.25, -0.2) is 4.98 Å². The van der Waals surface area contributed by atoms with Crippen LogP contribution in [0.1, 0.15) is 17.0 Å². The number of rotatable bonds is 7. The van der Waals surface area contributed by atoms with E-state index in [0.717, 1.165) is 48.3 Å². The van der Waals surface area contributed by atoms with Gasteiger partial charge in [-0.05, 0) is 13.3 Å². The summed E-state index contributed by atoms with van der Waals surface area (Å²) in [5.74, 6) is 0.801. The lowest BCUT2D eigenvalue weighted by Gasteiger charge is -2.11. The van der Waals surface area contributed by atoms with Crippen molar-refractivity contribution in [2.75, 3.05) is 27.3 Å². The highest BCUT2D eigenvalue weighted by Gasteiger charge is 2.09. The Hall–Kier alpha value is -1.92. The summed E-state index contributed by atoms with van der Waals surface area (Å²) in [6.45, 7) is 4.36. The zero-order valence-electron chi connectivity index (χ0n) is 13.9. The molecule has 2 rings (SSSR count). The number of guanidine groups is 1. The van der Waals surface area contributed by atoms with E-state index in [1.807, 2.05) is 18.2 Å². The standard InChI is InChI=1S/C17H24N4OS/c1-13-15(12-20-17(18-2)19-10-7-11-22-3)23-16(21-13)14-8-5-4-6-9-14/h4-6,8-9H,7,10-12H2,1-3H3,(H2,18,19,20). The van der Waals surface area contributed by atoms with Crippen molar-refractivity contribution in [1.82, 2.24) is 15.6 Å². The summed E-state index contributed by atoms with van der Waals surface area (Å²) in [5, 5.41) is 7.67. The van der Waals surface area contributed by atoms with Gasteiger partial charge in [0.15, 0.2) is 5.96 Å². The lowest BCUT2D eigenvalue weighted by molar-refractivity contribution is 0.195. The number of aliphatic imine (C=N–C) groups is 1. The Morgan fingerprint density at radius 1 is 1.26 bits per heavy atom. The molecule has 0 radical (unpaired) electrons. The third-order valence-corrected chi connectivity index (χ3v) is 4.58. The average Bonchev–Trinajstić information content (AvgIpc) is 2.96. The van der Waals surface area contributed by atoms with E-state index in [4.69, 9.17) is 4.74 Å². The van der Waals surface area contributed by atoms with E-state index in [1.165, 1.54) is 4.88 Å². The van der Waals surface area contributed by atoms with E-state index in [1.54, 1.807) is 25.5 Å². The van der Waals surface area contributed by atoms with Crippen molar-refractivity contribution in [3.8, 4) is 10.6 Å². The number of methoxy groups -OCH3 is 1. The lowest BCUT2D eigenvalue weighted by atomic mass is 10.2. The molecule has 0 saturated carbocycles. The third-order valence-electron chi connectivity index (χ3n) is 3.37. The molecule has 0 saturated heterocycles. The summed E-state index contributed by atoms with van der Waals surface area (Å²) < 4.78 is 5.04. The largest absolute Gasteiger partial charge is 0.385 e. The van der Waals surface area contributed by atoms with Gasteiger partial charge < -0.3 is 15.4 Å². The predicted octanol–water partition coefficient (Wildman–Crippen LogP) is 2.82. The minimum Gasteiger partial charge on any atom is -0.385 e. The lowest BCUT2D eigenvalue weighted by Crippen LogP contribution is -2.37. The van der Waals surface area contributed by atoms with Crippen molar-refractivity contribution in [3.05, 3.63) is 40.9 Å². The van der Waals surface area contributed by atoms with Gasteiger partial charge in [0, 0.05) is 37.7 Å². The molecule has 0 amide bonds. The molecular formula is C17H24N4OS. The molecule has 0 aliphatic heterocycles. The van der Waals surface area contributed by atoms with E-state index < -0.39 is 0 Å². The van der Waals surface area contributed by atoms with Crippen molar-refractivity contribution >= 4 is 17.3 Å². The second kappa shape index (κ2) is 9.27. The molecule has 1 heterocycles. The molecule has 0 fully saturated rings. The van der Waals surface area contributed by atoms with E-state index in [0.29, 0.717) is 0 Å². The fourth-order valence-electron chi connectivity index (χ4n) is 2.10. The van der Waals surface area contributed by atoms with Gasteiger partial charge in [0.05, 0.1) is 12.2 Å². The van der Waals surface area contributed by atoms with Gasteiger partial charge in [0.25, 0.3) is 0 Å². The molecule has 0 bridgehead atoms. The highest BCUT2D eigenvalue weighted by atomic mass is 32.1. The fraction of sp³-hybridized carbons (Fsp3) is 0.412. The summed E-state index contributed by atoms with van der Waals surface area (Å²) in [6, 6.07) is 10.3. The number of aryl methyl sites for hydroxylation is 1. The van der Waals surface area contributed by atoms with Crippen LogP contribution < -0.4 is 10.6 Å². The van der Waals surface area contributed by atoms with Gasteiger partial charge in [-0.2, -0.15) is 0 Å². The van der Waals surface area contributed by atoms with Crippen LogP contribution in [0.15, 0.2) is 35.3 Å². The Balaban J connectivity index is 1.91. The van der Waals surface area contributed by atoms with Crippen LogP contribution in [-0.2, 0) is 11.3 Å². The van der Waals surface area contributed by atoms with Crippen LogP contribution in [0, 0.1) is 6.92 Å². The summed E-state index contributed by atoms with van der Waals surface area (Å²) >= 11 is 1.72. The number of ether oxygens (including phenoxy) is 1. The SMILES string of the molecule is CN=C(NCCCOC)NCc1sc(-c2ccccc2)nc1C. The Labute approximate surface area is 141 Å². The summed E-state index contributed by atoms with van der Waals surface area (Å²) in [6.07, 6.45) is 0.953. The molecule has 1 aromatic heterocycles. The Morgan fingerprint density at radius 3 is 2.74 bits per heavy atom. The van der Waals surface area contributed by atoms with Gasteiger partial charge in [-0.15, -0.1) is 11.3 Å². The predicted molar refractivity (Wildman–Crippen MR) is 97.0 cm³/mol. The minimum absolute atomic E-state index is 0.723. The van der Waals surface area contributed by atoms with Crippen molar-refractivity contribution in [3.63, 3.8) is 0 Å². The van der Waals surface area contributed by atoms with E-state index >= 15 is 0 Å². The van der Waals surface area contributed by atoms with Crippen molar-refractivity contribution in [2.24, 2.45) is 4.99 Å². The van der Waals surface area contributed by atoms with Gasteiger partial charge in [-0.1, -0.05) is 30.3 Å². The van der Waals surface area contributed by atoms with Crippen molar-refractivity contribution in [2.45, 2.75) is 19.9 Å². The number of nitrogens with one attached hydrogen (secondary N) is 2. The number of benzene rings is 1. The molecule has 124 valence electrons. The molecular weight excluding hydrogens is 308 g/mol. The first-order valence-corrected chi connectivity index (χ1v) is 8.51. The van der Waals surface area contributed by atoms with Crippen molar-refractivity contribution in [1.29, 1.82) is 0 Å². The normalized spacial score (nSPS) is 11.5. The quantitative estimate of drug-likeness (QED) is 0.465. The minimum atomic E-state index is 0.723. The fourth-order valence-corrected chi connectivity index (χ4v) is 3.11. The number of aromatic nitrogens is 1. The second-order valence-corrected chi connectivity index (χ2v) is 6.18. The maximum absolute atomic E-state index is 5.04. The van der Waals surface area contributed by atoms with Gasteiger partial charge >= 0.3 is 0 Å². The van der Waals surface area contributed by atoms with Crippen molar-refractivity contribution < 1.29 is 4.74 Å². The van der Waals surface area contributed by atoms with E-state index in [9.17, 15) is 0 Å². The molecule has 0 aliphatic rings. The van der Waals surface area contributed by atoms with Crippen LogP contribution in [0.5, 0.6) is 0 Å². The summed E-state index contributed by atoms with van der Waals surface area (Å²) in [7, 11) is 3.49. The number of nitrogens with zero attached hydrogens (tertiary/aromatic N) is 2. The Morgan fingerprint density at radius 2 is 2.04 bits per heavy atom. The van der Waals surface area contributed by atoms with E-state index in [2.05, 4.69) is 39.7 Å². The highest BCUT2D eigenvalue weighted by molar-refractivity contribution is 7.15. The molecule has 0 atom stereocenters. The maximum Gasteiger partial charge on any atom is 0.191 e. The van der Waals surface area contributed by atoms with Crippen LogP contribution in [-0.4, -0.2) is 38.3 Å². The van der Waals surface area contributed by atoms with Gasteiger partial charge in [-0.3, -0.25) is 4.99 Å². The first-order chi connectivity index (χ1) is 11.2. The topological polar surface area (TPSA) is 58.5 Å². The Kier molecular flexibility index (Phi) is 7.03. The summed E-state index contributed by atoms with van der Waals surface area (Å²) in [4.78, 5) is 10.1. The second-order valence-electron chi connectivity index (χ2n) is 5.09. The highest BCUT2D eigenvalue weighted by Crippen LogP contribution is 2.27. The third kappa shape index (κ3) is 5.33.